The number of halogens is 3. The Morgan fingerprint density at radius 2 is 2.02 bits per heavy atom. The molecule has 4 heterocycles. The van der Waals surface area contributed by atoms with Gasteiger partial charge < -0.3 is 26.4 Å². The molecule has 0 saturated carbocycles. The number of nitrogen functional groups attached to an aromatic ring is 1. The molecule has 2 aliphatic heterocycles. The van der Waals surface area contributed by atoms with Gasteiger partial charge in [0.15, 0.2) is 0 Å². The molecule has 2 aliphatic rings. The van der Waals surface area contributed by atoms with Crippen LogP contribution >= 0.6 is 0 Å². The fraction of sp³-hybridized carbons (Fsp3) is 0.414. The SMILES string of the molecule is N/C=C\C(=C/CNC(=O)c1ccc(-c2nc(C3CCCN(CC4CCOC4)C3)n3ccnc(N)c23)cc1)C(F)(F)F. The second-order valence-electron chi connectivity index (χ2n) is 10.5. The predicted octanol–water partition coefficient (Wildman–Crippen LogP) is 3.89. The Morgan fingerprint density at radius 1 is 1.22 bits per heavy atom. The number of ether oxygens (including phenoxy) is 1. The normalized spacial score (nSPS) is 20.7. The molecule has 1 amide bonds. The molecular weight excluding hydrogens is 535 g/mol. The van der Waals surface area contributed by atoms with Crippen LogP contribution in [0.3, 0.4) is 0 Å². The van der Waals surface area contributed by atoms with E-state index in [-0.39, 0.29) is 12.5 Å². The zero-order valence-corrected chi connectivity index (χ0v) is 22.6. The molecule has 9 nitrogen and oxygen atoms in total. The summed E-state index contributed by atoms with van der Waals surface area (Å²) in [5.74, 6) is 1.58. The molecule has 1 aromatic carbocycles. The van der Waals surface area contributed by atoms with Crippen molar-refractivity contribution in [2.75, 3.05) is 45.1 Å². The number of rotatable bonds is 8. The number of hydrogen-bond acceptors (Lipinski definition) is 7. The molecule has 5 N–H and O–H groups in total. The molecular formula is C29H34F3N7O2. The Morgan fingerprint density at radius 3 is 2.73 bits per heavy atom. The quantitative estimate of drug-likeness (QED) is 0.352. The third-order valence-corrected chi connectivity index (χ3v) is 7.63. The van der Waals surface area contributed by atoms with E-state index >= 15 is 0 Å². The van der Waals surface area contributed by atoms with Crippen LogP contribution < -0.4 is 16.8 Å². The minimum atomic E-state index is -4.56. The summed E-state index contributed by atoms with van der Waals surface area (Å²) in [6.45, 7) is 4.35. The Balaban J connectivity index is 1.34. The number of anilines is 1. The van der Waals surface area contributed by atoms with Crippen molar-refractivity contribution in [1.82, 2.24) is 24.6 Å². The molecule has 5 rings (SSSR count). The van der Waals surface area contributed by atoms with E-state index < -0.39 is 17.7 Å². The summed E-state index contributed by atoms with van der Waals surface area (Å²) in [6.07, 6.45) is 4.62. The summed E-state index contributed by atoms with van der Waals surface area (Å²) in [4.78, 5) is 24.4. The third-order valence-electron chi connectivity index (χ3n) is 7.63. The summed E-state index contributed by atoms with van der Waals surface area (Å²) in [5.41, 5.74) is 12.9. The highest BCUT2D eigenvalue weighted by Crippen LogP contribution is 2.34. The number of likely N-dealkylation sites (tertiary alicyclic amines) is 1. The number of carbonyl (C=O) groups excluding carboxylic acids is 1. The van der Waals surface area contributed by atoms with Gasteiger partial charge in [0.25, 0.3) is 5.91 Å². The van der Waals surface area contributed by atoms with E-state index in [9.17, 15) is 18.0 Å². The molecule has 2 atom stereocenters. The largest absolute Gasteiger partial charge is 0.416 e. The maximum atomic E-state index is 13.0. The van der Waals surface area contributed by atoms with Crippen LogP contribution in [0.4, 0.5) is 19.0 Å². The molecule has 2 unspecified atom stereocenters. The zero-order valence-electron chi connectivity index (χ0n) is 22.6. The van der Waals surface area contributed by atoms with E-state index in [1.807, 2.05) is 10.6 Å². The van der Waals surface area contributed by atoms with Gasteiger partial charge in [-0.15, -0.1) is 0 Å². The number of carbonyl (C=O) groups is 1. The first-order chi connectivity index (χ1) is 19.7. The lowest BCUT2D eigenvalue weighted by molar-refractivity contribution is -0.0884. The summed E-state index contributed by atoms with van der Waals surface area (Å²) in [5, 5.41) is 2.48. The van der Waals surface area contributed by atoms with E-state index in [4.69, 9.17) is 21.2 Å². The van der Waals surface area contributed by atoms with E-state index in [0.29, 0.717) is 28.5 Å². The van der Waals surface area contributed by atoms with E-state index in [1.54, 1.807) is 30.5 Å². The number of nitrogens with one attached hydrogen (secondary N) is 1. The lowest BCUT2D eigenvalue weighted by Crippen LogP contribution is -2.38. The molecule has 218 valence electrons. The molecule has 2 aromatic heterocycles. The van der Waals surface area contributed by atoms with Gasteiger partial charge in [-0.05, 0) is 56.1 Å². The number of fused-ring (bicyclic) bond motifs is 1. The topological polar surface area (TPSA) is 124 Å². The maximum absolute atomic E-state index is 13.0. The van der Waals surface area contributed by atoms with Crippen LogP contribution in [-0.2, 0) is 4.74 Å². The fourth-order valence-electron chi connectivity index (χ4n) is 5.62. The van der Waals surface area contributed by atoms with Crippen molar-refractivity contribution >= 4 is 17.2 Å². The first-order valence-electron chi connectivity index (χ1n) is 13.7. The van der Waals surface area contributed by atoms with Crippen molar-refractivity contribution in [3.63, 3.8) is 0 Å². The number of alkyl halides is 3. The first-order valence-corrected chi connectivity index (χ1v) is 13.7. The van der Waals surface area contributed by atoms with Crippen LogP contribution in [0.1, 0.15) is 41.4 Å². The molecule has 12 heteroatoms. The number of allylic oxidation sites excluding steroid dienone is 2. The van der Waals surface area contributed by atoms with Crippen molar-refractivity contribution in [1.29, 1.82) is 0 Å². The van der Waals surface area contributed by atoms with Crippen LogP contribution in [0.2, 0.25) is 0 Å². The number of benzene rings is 1. The van der Waals surface area contributed by atoms with Gasteiger partial charge in [-0.3, -0.25) is 9.20 Å². The van der Waals surface area contributed by atoms with Crippen molar-refractivity contribution in [3.05, 3.63) is 72.0 Å². The van der Waals surface area contributed by atoms with E-state index in [2.05, 4.69) is 15.2 Å². The number of amides is 1. The molecule has 0 bridgehead atoms. The highest BCUT2D eigenvalue weighted by atomic mass is 19.4. The Kier molecular flexibility index (Phi) is 8.60. The van der Waals surface area contributed by atoms with Crippen molar-refractivity contribution in [2.24, 2.45) is 11.7 Å². The zero-order chi connectivity index (χ0) is 29.0. The molecule has 0 aliphatic carbocycles. The second kappa shape index (κ2) is 12.3. The fourth-order valence-corrected chi connectivity index (χ4v) is 5.62. The summed E-state index contributed by atoms with van der Waals surface area (Å²) in [7, 11) is 0. The average Bonchev–Trinajstić information content (AvgIpc) is 3.61. The predicted molar refractivity (Wildman–Crippen MR) is 150 cm³/mol. The van der Waals surface area contributed by atoms with E-state index in [1.165, 1.54) is 0 Å². The van der Waals surface area contributed by atoms with Crippen LogP contribution in [0.5, 0.6) is 0 Å². The first kappa shape index (κ1) is 28.6. The molecule has 2 fully saturated rings. The third kappa shape index (κ3) is 6.54. The maximum Gasteiger partial charge on any atom is 0.416 e. The van der Waals surface area contributed by atoms with Crippen LogP contribution in [-0.4, -0.2) is 70.7 Å². The van der Waals surface area contributed by atoms with Gasteiger partial charge >= 0.3 is 6.18 Å². The summed E-state index contributed by atoms with van der Waals surface area (Å²) < 4.78 is 46.6. The summed E-state index contributed by atoms with van der Waals surface area (Å²) in [6, 6.07) is 6.74. The smallest absolute Gasteiger partial charge is 0.405 e. The van der Waals surface area contributed by atoms with Crippen LogP contribution in [0.25, 0.3) is 16.8 Å². The van der Waals surface area contributed by atoms with Gasteiger partial charge in [0, 0.05) is 55.7 Å². The lowest BCUT2D eigenvalue weighted by Gasteiger charge is -2.33. The van der Waals surface area contributed by atoms with Gasteiger partial charge in [0.05, 0.1) is 12.2 Å². The van der Waals surface area contributed by atoms with Crippen LogP contribution in [0.15, 0.2) is 60.6 Å². The highest BCUT2D eigenvalue weighted by molar-refractivity contribution is 5.95. The monoisotopic (exact) mass is 569 g/mol. The number of nitrogens with zero attached hydrogens (tertiary/aromatic N) is 4. The van der Waals surface area contributed by atoms with Gasteiger partial charge in [-0.25, -0.2) is 9.97 Å². The Labute approximate surface area is 236 Å². The molecule has 41 heavy (non-hydrogen) atoms. The number of imidazole rings is 1. The number of nitrogens with two attached hydrogens (primary N) is 2. The molecule has 0 spiro atoms. The van der Waals surface area contributed by atoms with Gasteiger partial charge in [0.2, 0.25) is 0 Å². The van der Waals surface area contributed by atoms with Gasteiger partial charge in [0.1, 0.15) is 22.9 Å². The standard InChI is InChI=1S/C29H34F3N7O2/c30-29(31,32)23(7-10-33)8-11-36-28(40)21-5-3-20(4-6-21)24-25-26(34)35-12-14-39(25)27(37-24)22-2-1-13-38(17-22)16-19-9-15-41-18-19/h3-8,10,12,14,19,22H,1-2,9,11,13,15-18,33H2,(H2,34,35)(H,36,40)/b10-7-,23-8+. The van der Waals surface area contributed by atoms with Gasteiger partial charge in [-0.1, -0.05) is 18.2 Å². The minimum Gasteiger partial charge on any atom is -0.405 e. The van der Waals surface area contributed by atoms with Crippen LogP contribution in [0, 0.1) is 5.92 Å². The average molecular weight is 570 g/mol. The Hall–Kier alpha value is -3.90. The van der Waals surface area contributed by atoms with Crippen molar-refractivity contribution in [2.45, 2.75) is 31.4 Å². The van der Waals surface area contributed by atoms with Crippen molar-refractivity contribution in [3.8, 4) is 11.3 Å². The lowest BCUT2D eigenvalue weighted by atomic mass is 9.96. The molecule has 0 radical (unpaired) electrons. The minimum absolute atomic E-state index is 0.225. The Bertz CT molecular complexity index is 1430. The van der Waals surface area contributed by atoms with Crippen molar-refractivity contribution < 1.29 is 22.7 Å². The summed E-state index contributed by atoms with van der Waals surface area (Å²) >= 11 is 0. The number of aromatic nitrogens is 3. The van der Waals surface area contributed by atoms with Gasteiger partial charge in [-0.2, -0.15) is 13.2 Å². The number of hydrogen-bond donors (Lipinski definition) is 3. The van der Waals surface area contributed by atoms with E-state index in [0.717, 1.165) is 81.9 Å². The second-order valence-corrected chi connectivity index (χ2v) is 10.5. The highest BCUT2D eigenvalue weighted by Gasteiger charge is 2.31. The number of piperidine rings is 1. The molecule has 2 saturated heterocycles. The molecule has 3 aromatic rings.